The zero-order valence-corrected chi connectivity index (χ0v) is 15.8. The topological polar surface area (TPSA) is 56.3 Å². The molecule has 2 N–H and O–H groups in total. The van der Waals surface area contributed by atoms with Crippen LogP contribution >= 0.6 is 0 Å². The Bertz CT molecular complexity index is 495. The number of nitrogens with zero attached hydrogens (tertiary/aromatic N) is 3. The predicted octanol–water partition coefficient (Wildman–Crippen LogP) is 3.61. The summed E-state index contributed by atoms with van der Waals surface area (Å²) < 4.78 is 0. The molecule has 2 aliphatic rings. The molecule has 3 rings (SSSR count). The fourth-order valence-corrected chi connectivity index (χ4v) is 3.16. The van der Waals surface area contributed by atoms with E-state index in [2.05, 4.69) is 35.8 Å². The van der Waals surface area contributed by atoms with Crippen molar-refractivity contribution >= 4 is 5.69 Å². The van der Waals surface area contributed by atoms with Gasteiger partial charge in [0.05, 0.1) is 11.3 Å². The van der Waals surface area contributed by atoms with Crippen LogP contribution < -0.4 is 10.6 Å². The maximum absolute atomic E-state index is 9.17. The van der Waals surface area contributed by atoms with Crippen molar-refractivity contribution in [2.45, 2.75) is 59.0 Å². The Morgan fingerprint density at radius 1 is 1.12 bits per heavy atom. The summed E-state index contributed by atoms with van der Waals surface area (Å²) in [4.78, 5) is 4.84. The molecule has 2 saturated heterocycles. The third kappa shape index (κ3) is 5.51. The lowest BCUT2D eigenvalue weighted by Gasteiger charge is -2.46. The summed E-state index contributed by atoms with van der Waals surface area (Å²) in [5.41, 5.74) is 7.71. The Morgan fingerprint density at radius 3 is 2.17 bits per heavy atom. The van der Waals surface area contributed by atoms with Crippen LogP contribution in [0.15, 0.2) is 24.3 Å². The van der Waals surface area contributed by atoms with E-state index in [1.54, 1.807) is 0 Å². The van der Waals surface area contributed by atoms with Crippen molar-refractivity contribution in [1.82, 2.24) is 4.90 Å². The van der Waals surface area contributed by atoms with Gasteiger partial charge < -0.3 is 10.6 Å². The minimum Gasteiger partial charge on any atom is -0.370 e. The monoisotopic (exact) mass is 330 g/mol. The first-order valence-electron chi connectivity index (χ1n) is 9.43. The number of piperidine rings is 1. The maximum atomic E-state index is 9.17. The number of nitrogens with two attached hydrogens (primary N) is 1. The molecule has 0 saturated carbocycles. The quantitative estimate of drug-likeness (QED) is 0.900. The van der Waals surface area contributed by atoms with E-state index in [0.717, 1.165) is 37.4 Å². The second kappa shape index (κ2) is 11.1. The van der Waals surface area contributed by atoms with Gasteiger partial charge >= 0.3 is 0 Å². The summed E-state index contributed by atoms with van der Waals surface area (Å²) >= 11 is 0. The smallest absolute Gasteiger partial charge is 0.101 e. The lowest BCUT2D eigenvalue weighted by Crippen LogP contribution is -2.61. The highest BCUT2D eigenvalue weighted by Gasteiger charge is 2.32. The van der Waals surface area contributed by atoms with Crippen molar-refractivity contribution in [3.63, 3.8) is 0 Å². The fraction of sp³-hybridized carbons (Fsp3) is 0.650. The minimum atomic E-state index is 0.386. The van der Waals surface area contributed by atoms with Crippen LogP contribution in [0, 0.1) is 11.3 Å². The Balaban J connectivity index is 0.000000521. The molecule has 1 aromatic carbocycles. The van der Waals surface area contributed by atoms with Crippen LogP contribution in [0.2, 0.25) is 0 Å². The molecule has 0 unspecified atom stereocenters. The Hall–Kier alpha value is -1.57. The van der Waals surface area contributed by atoms with Crippen LogP contribution in [0.5, 0.6) is 0 Å². The second-order valence-electron chi connectivity index (χ2n) is 6.27. The molecule has 134 valence electrons. The molecule has 24 heavy (non-hydrogen) atoms. The standard InChI is InChI=1S/C15H20N4.C3H8.C2H6/c16-9-12-3-1-2-4-15(12)18-7-5-14(6-8-18)19-10-13(17)11-19;1-3-2;1-2/h1-4,13-14H,5-8,10-11,17H2;3H2,1-2H3;1-2H3. The van der Waals surface area contributed by atoms with Gasteiger partial charge in [-0.25, -0.2) is 0 Å². The van der Waals surface area contributed by atoms with E-state index in [1.165, 1.54) is 19.3 Å². The molecule has 0 radical (unpaired) electrons. The number of hydrogen-bond acceptors (Lipinski definition) is 4. The molecule has 0 spiro atoms. The number of likely N-dealkylation sites (tertiary alicyclic amines) is 1. The van der Waals surface area contributed by atoms with Gasteiger partial charge in [0.1, 0.15) is 6.07 Å². The molecule has 2 fully saturated rings. The maximum Gasteiger partial charge on any atom is 0.101 e. The first-order chi connectivity index (χ1) is 11.7. The number of nitriles is 1. The van der Waals surface area contributed by atoms with Crippen molar-refractivity contribution in [1.29, 1.82) is 5.26 Å². The van der Waals surface area contributed by atoms with E-state index < -0.39 is 0 Å². The zero-order valence-electron chi connectivity index (χ0n) is 15.8. The van der Waals surface area contributed by atoms with Gasteiger partial charge in [0.25, 0.3) is 0 Å². The second-order valence-corrected chi connectivity index (χ2v) is 6.27. The summed E-state index contributed by atoms with van der Waals surface area (Å²) in [5, 5.41) is 9.17. The van der Waals surface area contributed by atoms with E-state index >= 15 is 0 Å². The molecule has 2 aliphatic heterocycles. The molecule has 0 aromatic heterocycles. The van der Waals surface area contributed by atoms with E-state index in [-0.39, 0.29) is 0 Å². The summed E-state index contributed by atoms with van der Waals surface area (Å²) in [6.45, 7) is 12.4. The van der Waals surface area contributed by atoms with Crippen molar-refractivity contribution in [3.05, 3.63) is 29.8 Å². The third-order valence-corrected chi connectivity index (χ3v) is 4.28. The molecule has 4 heteroatoms. The third-order valence-electron chi connectivity index (χ3n) is 4.28. The molecular formula is C20H34N4. The lowest BCUT2D eigenvalue weighted by molar-refractivity contribution is 0.0792. The van der Waals surface area contributed by atoms with Gasteiger partial charge in [0.15, 0.2) is 0 Å². The summed E-state index contributed by atoms with van der Waals surface area (Å²) in [6, 6.07) is 11.2. The Labute approximate surface area is 148 Å². The predicted molar refractivity (Wildman–Crippen MR) is 103 cm³/mol. The van der Waals surface area contributed by atoms with Gasteiger partial charge in [-0.05, 0) is 25.0 Å². The molecule has 0 amide bonds. The van der Waals surface area contributed by atoms with Crippen molar-refractivity contribution < 1.29 is 0 Å². The molecular weight excluding hydrogens is 296 g/mol. The van der Waals surface area contributed by atoms with Gasteiger partial charge in [-0.1, -0.05) is 46.2 Å². The summed E-state index contributed by atoms with van der Waals surface area (Å²) in [7, 11) is 0. The first-order valence-corrected chi connectivity index (χ1v) is 9.43. The van der Waals surface area contributed by atoms with Crippen LogP contribution in [-0.2, 0) is 0 Å². The summed E-state index contributed by atoms with van der Waals surface area (Å²) in [5.74, 6) is 0. The fourth-order valence-electron chi connectivity index (χ4n) is 3.16. The molecule has 0 atom stereocenters. The van der Waals surface area contributed by atoms with Gasteiger partial charge in [0.2, 0.25) is 0 Å². The van der Waals surface area contributed by atoms with Crippen molar-refractivity contribution in [3.8, 4) is 6.07 Å². The van der Waals surface area contributed by atoms with Crippen LogP contribution in [0.4, 0.5) is 5.69 Å². The normalized spacial score (nSPS) is 18.4. The van der Waals surface area contributed by atoms with Gasteiger partial charge in [0, 0.05) is 38.3 Å². The van der Waals surface area contributed by atoms with Crippen LogP contribution in [0.25, 0.3) is 0 Å². The largest absolute Gasteiger partial charge is 0.370 e. The number of para-hydroxylation sites is 1. The average molecular weight is 331 g/mol. The number of hydrogen-bond donors (Lipinski definition) is 1. The molecule has 2 heterocycles. The minimum absolute atomic E-state index is 0.386. The number of anilines is 1. The SMILES string of the molecule is CC.CCC.N#Cc1ccccc1N1CCC(N2CC(N)C2)CC1. The van der Waals surface area contributed by atoms with Gasteiger partial charge in [-0.3, -0.25) is 4.90 Å². The van der Waals surface area contributed by atoms with Gasteiger partial charge in [-0.2, -0.15) is 5.26 Å². The Kier molecular flexibility index (Phi) is 9.44. The molecule has 1 aromatic rings. The van der Waals surface area contributed by atoms with E-state index in [4.69, 9.17) is 11.0 Å². The highest BCUT2D eigenvalue weighted by atomic mass is 15.3. The van der Waals surface area contributed by atoms with Gasteiger partial charge in [-0.15, -0.1) is 0 Å². The highest BCUT2D eigenvalue weighted by molar-refractivity contribution is 5.59. The summed E-state index contributed by atoms with van der Waals surface area (Å²) in [6.07, 6.45) is 3.60. The molecule has 4 nitrogen and oxygen atoms in total. The first kappa shape index (κ1) is 20.5. The van der Waals surface area contributed by atoms with Crippen LogP contribution in [-0.4, -0.2) is 43.2 Å². The lowest BCUT2D eigenvalue weighted by atomic mass is 9.97. The highest BCUT2D eigenvalue weighted by Crippen LogP contribution is 2.26. The van der Waals surface area contributed by atoms with E-state index in [9.17, 15) is 0 Å². The molecule has 0 aliphatic carbocycles. The zero-order chi connectivity index (χ0) is 17.9. The van der Waals surface area contributed by atoms with E-state index in [0.29, 0.717) is 12.1 Å². The number of benzene rings is 1. The number of rotatable bonds is 2. The average Bonchev–Trinajstić information content (AvgIpc) is 2.62. The van der Waals surface area contributed by atoms with E-state index in [1.807, 2.05) is 32.0 Å². The van der Waals surface area contributed by atoms with Crippen molar-refractivity contribution in [2.24, 2.45) is 5.73 Å². The Morgan fingerprint density at radius 2 is 1.67 bits per heavy atom. The van der Waals surface area contributed by atoms with Crippen molar-refractivity contribution in [2.75, 3.05) is 31.1 Å². The van der Waals surface area contributed by atoms with Crippen LogP contribution in [0.1, 0.15) is 52.5 Å². The van der Waals surface area contributed by atoms with Crippen LogP contribution in [0.3, 0.4) is 0 Å². The molecule has 0 bridgehead atoms.